The summed E-state index contributed by atoms with van der Waals surface area (Å²) in [5, 5.41) is 14.8. The average Bonchev–Trinajstić information content (AvgIpc) is 3.04. The van der Waals surface area contributed by atoms with Crippen LogP contribution in [0.5, 0.6) is 0 Å². The number of rotatable bonds is 12. The summed E-state index contributed by atoms with van der Waals surface area (Å²) in [4.78, 5) is 41.0. The lowest BCUT2D eigenvalue weighted by Crippen LogP contribution is -2.48. The predicted octanol–water partition coefficient (Wildman–Crippen LogP) is 1.86. The normalized spacial score (nSPS) is 27.8. The maximum atomic E-state index is 13.5. The third-order valence-electron chi connectivity index (χ3n) is 6.54. The van der Waals surface area contributed by atoms with Gasteiger partial charge in [0.2, 0.25) is 17.7 Å². The number of carbonyl (C=O) groups is 3. The molecule has 0 radical (unpaired) electrons. The summed E-state index contributed by atoms with van der Waals surface area (Å²) in [6, 6.07) is -0.570. The second-order valence-corrected chi connectivity index (χ2v) is 8.46. The smallest absolute Gasteiger partial charge is 0.243 e. The van der Waals surface area contributed by atoms with Crippen molar-refractivity contribution in [1.82, 2.24) is 15.5 Å². The second-order valence-electron chi connectivity index (χ2n) is 8.46. The number of amides is 3. The van der Waals surface area contributed by atoms with Crippen molar-refractivity contribution in [2.24, 2.45) is 23.7 Å². The summed E-state index contributed by atoms with van der Waals surface area (Å²) >= 11 is 0. The van der Waals surface area contributed by atoms with Gasteiger partial charge in [-0.25, -0.2) is 0 Å². The van der Waals surface area contributed by atoms with Crippen LogP contribution < -0.4 is 10.6 Å². The minimum absolute atomic E-state index is 0.00208. The first-order valence-corrected chi connectivity index (χ1v) is 11.6. The van der Waals surface area contributed by atoms with E-state index in [4.69, 9.17) is 5.11 Å². The van der Waals surface area contributed by atoms with E-state index in [9.17, 15) is 14.4 Å². The van der Waals surface area contributed by atoms with E-state index in [0.717, 1.165) is 38.5 Å². The largest absolute Gasteiger partial charge is 0.396 e. The molecule has 0 aromatic heterocycles. The number of carbonyl (C=O) groups excluding carboxylic acids is 3. The molecule has 1 fully saturated rings. The van der Waals surface area contributed by atoms with Crippen molar-refractivity contribution in [2.75, 3.05) is 26.7 Å². The fraction of sp³-hybridized carbons (Fsp3) is 0.783. The molecule has 2 rings (SSSR count). The van der Waals surface area contributed by atoms with Gasteiger partial charge in [0.15, 0.2) is 0 Å². The molecule has 0 saturated carbocycles. The zero-order valence-electron chi connectivity index (χ0n) is 18.7. The van der Waals surface area contributed by atoms with Gasteiger partial charge in [0.1, 0.15) is 6.04 Å². The average molecular weight is 422 g/mol. The van der Waals surface area contributed by atoms with Crippen LogP contribution in [0.1, 0.15) is 58.8 Å². The number of aliphatic hydroxyl groups is 1. The molecule has 1 aliphatic heterocycles. The number of allylic oxidation sites excluding steroid dienone is 1. The molecule has 7 nitrogen and oxygen atoms in total. The highest BCUT2D eigenvalue weighted by Gasteiger charge is 2.56. The molecule has 1 saturated heterocycles. The number of hydrogen-bond donors (Lipinski definition) is 3. The quantitative estimate of drug-likeness (QED) is 0.331. The van der Waals surface area contributed by atoms with E-state index in [1.165, 1.54) is 0 Å². The van der Waals surface area contributed by atoms with Gasteiger partial charge in [-0.3, -0.25) is 14.4 Å². The number of nitrogens with one attached hydrogen (secondary N) is 2. The number of unbranched alkanes of at least 4 members (excludes halogenated alkanes) is 4. The van der Waals surface area contributed by atoms with Crippen LogP contribution in [0.4, 0.5) is 0 Å². The Morgan fingerprint density at radius 1 is 1.07 bits per heavy atom. The van der Waals surface area contributed by atoms with Gasteiger partial charge in [-0.1, -0.05) is 38.8 Å². The Kier molecular flexibility index (Phi) is 9.82. The molecule has 3 N–H and O–H groups in total. The Balaban J connectivity index is 2.26. The molecular formula is C23H39N3O4. The Morgan fingerprint density at radius 2 is 1.83 bits per heavy atom. The molecule has 5 atom stereocenters. The number of nitrogens with zero attached hydrogens (tertiary/aromatic N) is 1. The van der Waals surface area contributed by atoms with Crippen LogP contribution >= 0.6 is 0 Å². The van der Waals surface area contributed by atoms with Gasteiger partial charge in [0.05, 0.1) is 11.8 Å². The van der Waals surface area contributed by atoms with E-state index >= 15 is 0 Å². The monoisotopic (exact) mass is 421 g/mol. The molecule has 0 aromatic rings. The van der Waals surface area contributed by atoms with Crippen molar-refractivity contribution in [3.05, 3.63) is 12.2 Å². The Bertz CT molecular complexity index is 622. The van der Waals surface area contributed by atoms with Crippen molar-refractivity contribution in [3.63, 3.8) is 0 Å². The topological polar surface area (TPSA) is 98.7 Å². The number of aliphatic hydroxyl groups excluding tert-OH is 1. The number of likely N-dealkylation sites (tertiary alicyclic amines) is 1. The van der Waals surface area contributed by atoms with Crippen molar-refractivity contribution in [3.8, 4) is 0 Å². The predicted molar refractivity (Wildman–Crippen MR) is 116 cm³/mol. The zero-order chi connectivity index (χ0) is 22.1. The summed E-state index contributed by atoms with van der Waals surface area (Å²) in [5.74, 6) is -1.56. The molecule has 0 spiro atoms. The van der Waals surface area contributed by atoms with Crippen LogP contribution in [0.2, 0.25) is 0 Å². The minimum Gasteiger partial charge on any atom is -0.396 e. The number of fused-ring (bicyclic) bond motifs is 1. The molecule has 7 heteroatoms. The first kappa shape index (κ1) is 24.4. The van der Waals surface area contributed by atoms with Gasteiger partial charge in [-0.15, -0.1) is 0 Å². The van der Waals surface area contributed by atoms with Gasteiger partial charge in [-0.05, 0) is 38.0 Å². The van der Waals surface area contributed by atoms with Gasteiger partial charge in [-0.2, -0.15) is 0 Å². The molecule has 0 bridgehead atoms. The van der Waals surface area contributed by atoms with Crippen molar-refractivity contribution >= 4 is 17.7 Å². The molecular weight excluding hydrogens is 382 g/mol. The Labute approximate surface area is 180 Å². The molecule has 3 amide bonds. The molecule has 0 unspecified atom stereocenters. The first-order valence-electron chi connectivity index (χ1n) is 11.6. The number of hydrogen-bond acceptors (Lipinski definition) is 4. The highest BCUT2D eigenvalue weighted by Crippen LogP contribution is 2.44. The lowest BCUT2D eigenvalue weighted by molar-refractivity contribution is -0.140. The third kappa shape index (κ3) is 5.42. The molecule has 170 valence electrons. The van der Waals surface area contributed by atoms with Crippen LogP contribution in [0.25, 0.3) is 0 Å². The second kappa shape index (κ2) is 12.1. The summed E-state index contributed by atoms with van der Waals surface area (Å²) in [6.45, 7) is 5.35. The fourth-order valence-electron chi connectivity index (χ4n) is 4.91. The van der Waals surface area contributed by atoms with E-state index in [1.807, 2.05) is 19.1 Å². The lowest BCUT2D eigenvalue weighted by atomic mass is 9.69. The van der Waals surface area contributed by atoms with Gasteiger partial charge in [0, 0.05) is 32.7 Å². The van der Waals surface area contributed by atoms with Crippen LogP contribution in [0, 0.1) is 23.7 Å². The SMILES string of the molecule is CCCCCNC(=O)[C@@H]1[C@H]2C=C[C@@H](CC)[C@@H](C(=O)NC)[C@@H]2C(=O)N1CCCCCO. The summed E-state index contributed by atoms with van der Waals surface area (Å²) in [7, 11) is 1.60. The van der Waals surface area contributed by atoms with Crippen molar-refractivity contribution in [1.29, 1.82) is 0 Å². The van der Waals surface area contributed by atoms with E-state index in [2.05, 4.69) is 17.6 Å². The van der Waals surface area contributed by atoms with Crippen LogP contribution in [-0.4, -0.2) is 60.5 Å². The zero-order valence-corrected chi connectivity index (χ0v) is 18.7. The van der Waals surface area contributed by atoms with E-state index in [1.54, 1.807) is 11.9 Å². The highest BCUT2D eigenvalue weighted by atomic mass is 16.3. The van der Waals surface area contributed by atoms with Crippen LogP contribution in [0.3, 0.4) is 0 Å². The maximum absolute atomic E-state index is 13.5. The maximum Gasteiger partial charge on any atom is 0.243 e. The summed E-state index contributed by atoms with van der Waals surface area (Å²) in [5.41, 5.74) is 0. The standard InChI is InChI=1S/C23H39N3O4/c1-4-6-8-13-25-22(29)20-17-12-11-16(5-2)18(21(28)24-3)19(17)23(30)26(20)14-9-7-10-15-27/h11-12,16-20,27H,4-10,13-15H2,1-3H3,(H,24,28)(H,25,29)/t16-,17+,18-,19-,20+/m1/s1. The van der Waals surface area contributed by atoms with E-state index in [0.29, 0.717) is 19.5 Å². The molecule has 1 aliphatic carbocycles. The summed E-state index contributed by atoms with van der Waals surface area (Å²) in [6.07, 6.45) is 10.1. The van der Waals surface area contributed by atoms with Crippen LogP contribution in [-0.2, 0) is 14.4 Å². The highest BCUT2D eigenvalue weighted by molar-refractivity contribution is 5.96. The van der Waals surface area contributed by atoms with Crippen molar-refractivity contribution in [2.45, 2.75) is 64.8 Å². The molecule has 2 aliphatic rings. The van der Waals surface area contributed by atoms with Crippen molar-refractivity contribution < 1.29 is 19.5 Å². The minimum atomic E-state index is -0.570. The van der Waals surface area contributed by atoms with Gasteiger partial charge < -0.3 is 20.6 Å². The van der Waals surface area contributed by atoms with Crippen LogP contribution in [0.15, 0.2) is 12.2 Å². The molecule has 30 heavy (non-hydrogen) atoms. The van der Waals surface area contributed by atoms with Gasteiger partial charge >= 0.3 is 0 Å². The molecule has 0 aromatic carbocycles. The lowest BCUT2D eigenvalue weighted by Gasteiger charge is -2.33. The fourth-order valence-corrected chi connectivity index (χ4v) is 4.91. The van der Waals surface area contributed by atoms with Gasteiger partial charge in [0.25, 0.3) is 0 Å². The Hall–Kier alpha value is -1.89. The third-order valence-corrected chi connectivity index (χ3v) is 6.54. The summed E-state index contributed by atoms with van der Waals surface area (Å²) < 4.78 is 0. The van der Waals surface area contributed by atoms with E-state index in [-0.39, 0.29) is 36.2 Å². The Morgan fingerprint density at radius 3 is 2.47 bits per heavy atom. The van der Waals surface area contributed by atoms with E-state index < -0.39 is 17.9 Å². The molecule has 1 heterocycles. The first-order chi connectivity index (χ1) is 14.5.